The van der Waals surface area contributed by atoms with Crippen molar-refractivity contribution in [2.45, 2.75) is 50.2 Å². The van der Waals surface area contributed by atoms with Crippen LogP contribution in [-0.2, 0) is 20.8 Å². The fourth-order valence-corrected chi connectivity index (χ4v) is 3.48. The zero-order valence-electron chi connectivity index (χ0n) is 13.9. The number of carboxylic acid groups (broad SMARTS) is 1. The molecule has 9 nitrogen and oxygen atoms in total. The smallest absolute Gasteiger partial charge is 0.326 e. The Bertz CT molecular complexity index is 626. The molecule has 2 aliphatic rings. The van der Waals surface area contributed by atoms with Crippen molar-refractivity contribution >= 4 is 17.8 Å². The Morgan fingerprint density at radius 2 is 2.20 bits per heavy atom. The quantitative estimate of drug-likeness (QED) is 0.536. The predicted molar refractivity (Wildman–Crippen MR) is 87.6 cm³/mol. The van der Waals surface area contributed by atoms with Crippen LogP contribution in [0.4, 0.5) is 0 Å². The largest absolute Gasteiger partial charge is 0.480 e. The van der Waals surface area contributed by atoms with Gasteiger partial charge in [0.25, 0.3) is 0 Å². The van der Waals surface area contributed by atoms with Crippen LogP contribution in [0.2, 0.25) is 0 Å². The lowest BCUT2D eigenvalue weighted by Crippen LogP contribution is -2.54. The molecule has 9 heteroatoms. The maximum Gasteiger partial charge on any atom is 0.326 e. The van der Waals surface area contributed by atoms with Crippen molar-refractivity contribution in [1.82, 2.24) is 25.5 Å². The number of aliphatic carboxylic acids is 1. The molecule has 0 bridgehead atoms. The summed E-state index contributed by atoms with van der Waals surface area (Å²) in [5.74, 6) is -1.58. The van der Waals surface area contributed by atoms with Crippen molar-refractivity contribution in [3.8, 4) is 0 Å². The van der Waals surface area contributed by atoms with Gasteiger partial charge in [0.05, 0.1) is 12.4 Å². The van der Waals surface area contributed by atoms with Crippen molar-refractivity contribution in [2.24, 2.45) is 0 Å². The highest BCUT2D eigenvalue weighted by Crippen LogP contribution is 2.21. The highest BCUT2D eigenvalue weighted by molar-refractivity contribution is 5.92. The third-order valence-electron chi connectivity index (χ3n) is 4.79. The number of aromatic amines is 1. The minimum absolute atomic E-state index is 0.0596. The van der Waals surface area contributed by atoms with Gasteiger partial charge in [-0.2, -0.15) is 0 Å². The number of amides is 2. The molecule has 3 heterocycles. The molecule has 0 aromatic carbocycles. The Balaban J connectivity index is 1.63. The van der Waals surface area contributed by atoms with E-state index in [0.717, 1.165) is 25.8 Å². The maximum atomic E-state index is 12.6. The van der Waals surface area contributed by atoms with Gasteiger partial charge in [-0.25, -0.2) is 9.78 Å². The summed E-state index contributed by atoms with van der Waals surface area (Å²) in [6.45, 7) is 1.35. The number of likely N-dealkylation sites (tertiary alicyclic amines) is 1. The van der Waals surface area contributed by atoms with Gasteiger partial charge < -0.3 is 25.6 Å². The number of H-pyrrole nitrogens is 1. The summed E-state index contributed by atoms with van der Waals surface area (Å²) in [5, 5.41) is 15.1. The van der Waals surface area contributed by atoms with Gasteiger partial charge in [-0.05, 0) is 32.2 Å². The summed E-state index contributed by atoms with van der Waals surface area (Å²) in [7, 11) is 0. The second-order valence-electron chi connectivity index (χ2n) is 6.52. The molecule has 25 heavy (non-hydrogen) atoms. The van der Waals surface area contributed by atoms with E-state index in [1.54, 1.807) is 4.90 Å². The summed E-state index contributed by atoms with van der Waals surface area (Å²) in [5.41, 5.74) is 0.627. The summed E-state index contributed by atoms with van der Waals surface area (Å²) >= 11 is 0. The summed E-state index contributed by atoms with van der Waals surface area (Å²) in [6, 6.07) is -1.89. The topological polar surface area (TPSA) is 127 Å². The van der Waals surface area contributed by atoms with Crippen LogP contribution in [0.3, 0.4) is 0 Å². The van der Waals surface area contributed by atoms with E-state index in [1.165, 1.54) is 12.5 Å². The number of carbonyl (C=O) groups is 3. The molecule has 0 spiro atoms. The van der Waals surface area contributed by atoms with Crippen LogP contribution in [-0.4, -0.2) is 69.0 Å². The van der Waals surface area contributed by atoms with Crippen LogP contribution in [0.15, 0.2) is 12.5 Å². The maximum absolute atomic E-state index is 12.6. The first-order valence-corrected chi connectivity index (χ1v) is 8.60. The van der Waals surface area contributed by atoms with E-state index < -0.39 is 24.0 Å². The normalized spacial score (nSPS) is 24.2. The second-order valence-corrected chi connectivity index (χ2v) is 6.52. The minimum Gasteiger partial charge on any atom is -0.480 e. The standard InChI is InChI=1S/C16H23N5O4/c22-14(20-12(16(24)25)7-10-8-17-9-19-10)13-4-2-6-21(13)15(23)11-3-1-5-18-11/h8-9,11-13,18H,1-7H2,(H,17,19)(H,20,22)(H,24,25). The highest BCUT2D eigenvalue weighted by Gasteiger charge is 2.38. The first-order chi connectivity index (χ1) is 12.1. The van der Waals surface area contributed by atoms with Crippen molar-refractivity contribution in [1.29, 1.82) is 0 Å². The molecule has 2 aliphatic heterocycles. The molecule has 3 rings (SSSR count). The average molecular weight is 349 g/mol. The van der Waals surface area contributed by atoms with Crippen molar-refractivity contribution in [2.75, 3.05) is 13.1 Å². The number of aromatic nitrogens is 2. The molecule has 136 valence electrons. The highest BCUT2D eigenvalue weighted by atomic mass is 16.4. The molecule has 0 radical (unpaired) electrons. The molecule has 2 fully saturated rings. The number of nitrogens with zero attached hydrogens (tertiary/aromatic N) is 2. The third-order valence-corrected chi connectivity index (χ3v) is 4.79. The van der Waals surface area contributed by atoms with Gasteiger partial charge in [0.2, 0.25) is 11.8 Å². The lowest BCUT2D eigenvalue weighted by Gasteiger charge is -2.27. The van der Waals surface area contributed by atoms with Gasteiger partial charge in [-0.15, -0.1) is 0 Å². The van der Waals surface area contributed by atoms with Gasteiger partial charge in [-0.3, -0.25) is 9.59 Å². The van der Waals surface area contributed by atoms with Gasteiger partial charge in [0.1, 0.15) is 12.1 Å². The third kappa shape index (κ3) is 3.98. The Kier molecular flexibility index (Phi) is 5.32. The SMILES string of the molecule is O=C(O)C(Cc1cnc[nH]1)NC(=O)C1CCCN1C(=O)C1CCCN1. The molecule has 2 amide bonds. The predicted octanol–water partition coefficient (Wildman–Crippen LogP) is -0.735. The second kappa shape index (κ2) is 7.64. The lowest BCUT2D eigenvalue weighted by atomic mass is 10.1. The van der Waals surface area contributed by atoms with E-state index in [4.69, 9.17) is 0 Å². The number of nitrogens with one attached hydrogen (secondary N) is 3. The van der Waals surface area contributed by atoms with Crippen LogP contribution in [0.25, 0.3) is 0 Å². The molecular weight excluding hydrogens is 326 g/mol. The van der Waals surface area contributed by atoms with Crippen molar-refractivity contribution in [3.05, 3.63) is 18.2 Å². The van der Waals surface area contributed by atoms with Crippen molar-refractivity contribution in [3.63, 3.8) is 0 Å². The fraction of sp³-hybridized carbons (Fsp3) is 0.625. The first-order valence-electron chi connectivity index (χ1n) is 8.60. The van der Waals surface area contributed by atoms with Crippen LogP contribution in [0.5, 0.6) is 0 Å². The summed E-state index contributed by atoms with van der Waals surface area (Å²) in [4.78, 5) is 44.9. The Morgan fingerprint density at radius 1 is 1.36 bits per heavy atom. The van der Waals surface area contributed by atoms with E-state index in [1.807, 2.05) is 0 Å². The molecular formula is C16H23N5O4. The lowest BCUT2D eigenvalue weighted by molar-refractivity contribution is -0.144. The number of hydrogen-bond acceptors (Lipinski definition) is 5. The van der Waals surface area contributed by atoms with Gasteiger partial charge >= 0.3 is 5.97 Å². The number of carbonyl (C=O) groups excluding carboxylic acids is 2. The fourth-order valence-electron chi connectivity index (χ4n) is 3.48. The minimum atomic E-state index is -1.11. The summed E-state index contributed by atoms with van der Waals surface area (Å²) in [6.07, 6.45) is 6.14. The first kappa shape index (κ1) is 17.4. The van der Waals surface area contributed by atoms with E-state index in [-0.39, 0.29) is 18.4 Å². The van der Waals surface area contributed by atoms with E-state index >= 15 is 0 Å². The molecule has 3 unspecified atom stereocenters. The van der Waals surface area contributed by atoms with Crippen LogP contribution in [0.1, 0.15) is 31.4 Å². The zero-order chi connectivity index (χ0) is 17.8. The van der Waals surface area contributed by atoms with Crippen LogP contribution < -0.4 is 10.6 Å². The number of hydrogen-bond donors (Lipinski definition) is 4. The number of imidazole rings is 1. The van der Waals surface area contributed by atoms with Crippen LogP contribution in [0, 0.1) is 0 Å². The van der Waals surface area contributed by atoms with E-state index in [0.29, 0.717) is 18.7 Å². The van der Waals surface area contributed by atoms with Crippen LogP contribution >= 0.6 is 0 Å². The van der Waals surface area contributed by atoms with Gasteiger partial charge in [-0.1, -0.05) is 0 Å². The van der Waals surface area contributed by atoms with Crippen molar-refractivity contribution < 1.29 is 19.5 Å². The molecule has 3 atom stereocenters. The van der Waals surface area contributed by atoms with E-state index in [9.17, 15) is 19.5 Å². The number of carboxylic acids is 1. The molecule has 0 saturated carbocycles. The molecule has 1 aromatic rings. The molecule has 0 aliphatic carbocycles. The monoisotopic (exact) mass is 349 g/mol. The Morgan fingerprint density at radius 3 is 2.84 bits per heavy atom. The molecule has 2 saturated heterocycles. The van der Waals surface area contributed by atoms with E-state index in [2.05, 4.69) is 20.6 Å². The Labute approximate surface area is 145 Å². The summed E-state index contributed by atoms with van der Waals surface area (Å²) < 4.78 is 0. The molecule has 1 aromatic heterocycles. The van der Waals surface area contributed by atoms with Gasteiger partial charge in [0.15, 0.2) is 0 Å². The molecule has 4 N–H and O–H groups in total. The number of rotatable bonds is 6. The average Bonchev–Trinajstić information content (AvgIpc) is 3.33. The zero-order valence-corrected chi connectivity index (χ0v) is 13.9. The Hall–Kier alpha value is -2.42. The van der Waals surface area contributed by atoms with Gasteiger partial charge in [0, 0.05) is 24.9 Å².